The second kappa shape index (κ2) is 5.49. The van der Waals surface area contributed by atoms with Gasteiger partial charge in [0.05, 0.1) is 0 Å². The van der Waals surface area contributed by atoms with Crippen LogP contribution in [-0.4, -0.2) is 22.6 Å². The first-order chi connectivity index (χ1) is 6.31. The predicted octanol–water partition coefficient (Wildman–Crippen LogP) is 2.77. The molecule has 0 rings (SSSR count). The minimum absolute atomic E-state index is 0.0511. The SMILES string of the molecule is CC[C@H](CBr)C(=N)C(=O)OC(C)(C)C. The van der Waals surface area contributed by atoms with Gasteiger partial charge in [-0.1, -0.05) is 22.9 Å². The van der Waals surface area contributed by atoms with Crippen LogP contribution in [0.15, 0.2) is 0 Å². The molecule has 0 bridgehead atoms. The Hall–Kier alpha value is -0.380. The van der Waals surface area contributed by atoms with Crippen LogP contribution >= 0.6 is 15.9 Å². The standard InChI is InChI=1S/C10H18BrNO2/c1-5-7(6-11)8(12)9(13)14-10(2,3)4/h7,12H,5-6H2,1-4H3/t7-/m1/s1. The summed E-state index contributed by atoms with van der Waals surface area (Å²) >= 11 is 3.28. The van der Waals surface area contributed by atoms with E-state index in [1.807, 2.05) is 6.92 Å². The molecule has 0 spiro atoms. The predicted molar refractivity (Wildman–Crippen MR) is 61.1 cm³/mol. The summed E-state index contributed by atoms with van der Waals surface area (Å²) in [4.78, 5) is 11.5. The van der Waals surface area contributed by atoms with Crippen LogP contribution in [0.2, 0.25) is 0 Å². The molecule has 1 atom stereocenters. The summed E-state index contributed by atoms with van der Waals surface area (Å²) in [7, 11) is 0. The van der Waals surface area contributed by atoms with Crippen LogP contribution in [0.5, 0.6) is 0 Å². The fraction of sp³-hybridized carbons (Fsp3) is 0.800. The number of nitrogens with one attached hydrogen (secondary N) is 1. The van der Waals surface area contributed by atoms with E-state index in [2.05, 4.69) is 15.9 Å². The summed E-state index contributed by atoms with van der Waals surface area (Å²) in [5.41, 5.74) is -0.465. The number of carbonyl (C=O) groups excluding carboxylic acids is 1. The van der Waals surface area contributed by atoms with Crippen molar-refractivity contribution in [2.45, 2.75) is 39.7 Å². The highest BCUT2D eigenvalue weighted by atomic mass is 79.9. The van der Waals surface area contributed by atoms with Gasteiger partial charge in [-0.3, -0.25) is 5.41 Å². The van der Waals surface area contributed by atoms with Crippen LogP contribution < -0.4 is 0 Å². The Morgan fingerprint density at radius 2 is 2.00 bits per heavy atom. The molecule has 82 valence electrons. The molecule has 0 aromatic rings. The van der Waals surface area contributed by atoms with Gasteiger partial charge in [0.25, 0.3) is 0 Å². The van der Waals surface area contributed by atoms with Gasteiger partial charge in [0, 0.05) is 11.2 Å². The second-order valence-corrected chi connectivity index (χ2v) is 4.82. The first-order valence-electron chi connectivity index (χ1n) is 4.69. The van der Waals surface area contributed by atoms with Crippen molar-refractivity contribution < 1.29 is 9.53 Å². The number of hydrogen-bond donors (Lipinski definition) is 1. The molecule has 0 aliphatic heterocycles. The lowest BCUT2D eigenvalue weighted by atomic mass is 10.0. The molecule has 0 aromatic carbocycles. The minimum Gasteiger partial charge on any atom is -0.455 e. The van der Waals surface area contributed by atoms with Crippen molar-refractivity contribution in [2.24, 2.45) is 5.92 Å². The molecule has 0 heterocycles. The Labute approximate surface area is 93.9 Å². The highest BCUT2D eigenvalue weighted by Gasteiger charge is 2.24. The van der Waals surface area contributed by atoms with E-state index in [0.717, 1.165) is 6.42 Å². The maximum Gasteiger partial charge on any atom is 0.352 e. The quantitative estimate of drug-likeness (QED) is 0.482. The molecule has 0 radical (unpaired) electrons. The van der Waals surface area contributed by atoms with E-state index in [1.54, 1.807) is 20.8 Å². The highest BCUT2D eigenvalue weighted by Crippen LogP contribution is 2.13. The normalized spacial score (nSPS) is 13.5. The zero-order valence-corrected chi connectivity index (χ0v) is 10.8. The van der Waals surface area contributed by atoms with Crippen LogP contribution in [0.25, 0.3) is 0 Å². The first kappa shape index (κ1) is 13.6. The van der Waals surface area contributed by atoms with E-state index in [-0.39, 0.29) is 11.6 Å². The molecule has 0 unspecified atom stereocenters. The lowest BCUT2D eigenvalue weighted by molar-refractivity contribution is -0.146. The summed E-state index contributed by atoms with van der Waals surface area (Å²) < 4.78 is 5.10. The van der Waals surface area contributed by atoms with Gasteiger partial charge in [0.2, 0.25) is 0 Å². The van der Waals surface area contributed by atoms with Gasteiger partial charge >= 0.3 is 5.97 Å². The maximum atomic E-state index is 11.5. The largest absolute Gasteiger partial charge is 0.455 e. The molecule has 3 nitrogen and oxygen atoms in total. The lowest BCUT2D eigenvalue weighted by Crippen LogP contribution is -2.32. The Morgan fingerprint density at radius 3 is 2.29 bits per heavy atom. The van der Waals surface area contributed by atoms with Crippen LogP contribution in [0.1, 0.15) is 34.1 Å². The van der Waals surface area contributed by atoms with Crippen molar-refractivity contribution in [3.05, 3.63) is 0 Å². The summed E-state index contributed by atoms with van der Waals surface area (Å²) in [6.45, 7) is 7.35. The smallest absolute Gasteiger partial charge is 0.352 e. The van der Waals surface area contributed by atoms with E-state index in [1.165, 1.54) is 0 Å². The zero-order valence-electron chi connectivity index (χ0n) is 9.19. The molecule has 0 aromatic heterocycles. The van der Waals surface area contributed by atoms with Crippen LogP contribution in [0.4, 0.5) is 0 Å². The third-order valence-electron chi connectivity index (χ3n) is 1.71. The average molecular weight is 264 g/mol. The second-order valence-electron chi connectivity index (χ2n) is 4.18. The number of ether oxygens (including phenoxy) is 1. The van der Waals surface area contributed by atoms with Crippen molar-refractivity contribution in [2.75, 3.05) is 5.33 Å². The average Bonchev–Trinajstić information content (AvgIpc) is 2.03. The third-order valence-corrected chi connectivity index (χ3v) is 2.49. The van der Waals surface area contributed by atoms with Crippen LogP contribution in [-0.2, 0) is 9.53 Å². The zero-order chi connectivity index (χ0) is 11.4. The van der Waals surface area contributed by atoms with Gasteiger partial charge in [0.1, 0.15) is 11.3 Å². The number of hydrogen-bond acceptors (Lipinski definition) is 3. The molecule has 0 aliphatic rings. The number of alkyl halides is 1. The summed E-state index contributed by atoms with van der Waals surface area (Å²) in [5.74, 6) is -0.561. The molecule has 4 heteroatoms. The van der Waals surface area contributed by atoms with Gasteiger partial charge in [-0.05, 0) is 27.2 Å². The van der Waals surface area contributed by atoms with E-state index in [9.17, 15) is 4.79 Å². The monoisotopic (exact) mass is 263 g/mol. The Kier molecular flexibility index (Phi) is 5.34. The van der Waals surface area contributed by atoms with E-state index < -0.39 is 11.6 Å². The van der Waals surface area contributed by atoms with Crippen LogP contribution in [0.3, 0.4) is 0 Å². The van der Waals surface area contributed by atoms with Crippen LogP contribution in [0, 0.1) is 11.3 Å². The molecule has 14 heavy (non-hydrogen) atoms. The van der Waals surface area contributed by atoms with Crippen molar-refractivity contribution in [1.82, 2.24) is 0 Å². The third kappa shape index (κ3) is 4.74. The maximum absolute atomic E-state index is 11.5. The summed E-state index contributed by atoms with van der Waals surface area (Å²) in [6, 6.07) is 0. The summed E-state index contributed by atoms with van der Waals surface area (Å²) in [6.07, 6.45) is 0.767. The molecular weight excluding hydrogens is 246 g/mol. The molecular formula is C10H18BrNO2. The Balaban J connectivity index is 4.32. The van der Waals surface area contributed by atoms with Gasteiger partial charge < -0.3 is 4.74 Å². The lowest BCUT2D eigenvalue weighted by Gasteiger charge is -2.21. The van der Waals surface area contributed by atoms with Gasteiger partial charge in [-0.2, -0.15) is 0 Å². The molecule has 1 N–H and O–H groups in total. The Morgan fingerprint density at radius 1 is 1.50 bits per heavy atom. The van der Waals surface area contributed by atoms with Gasteiger partial charge in [-0.15, -0.1) is 0 Å². The molecule has 0 saturated heterocycles. The number of esters is 1. The number of halogens is 1. The Bertz CT molecular complexity index is 217. The van der Waals surface area contributed by atoms with E-state index in [4.69, 9.17) is 10.1 Å². The summed E-state index contributed by atoms with van der Waals surface area (Å²) in [5, 5.41) is 8.25. The topological polar surface area (TPSA) is 50.2 Å². The van der Waals surface area contributed by atoms with E-state index >= 15 is 0 Å². The van der Waals surface area contributed by atoms with E-state index in [0.29, 0.717) is 5.33 Å². The number of carbonyl (C=O) groups is 1. The molecule has 0 aliphatic carbocycles. The fourth-order valence-electron chi connectivity index (χ4n) is 0.890. The number of rotatable bonds is 4. The van der Waals surface area contributed by atoms with Crippen molar-refractivity contribution >= 4 is 27.6 Å². The first-order valence-corrected chi connectivity index (χ1v) is 5.81. The minimum atomic E-state index is -0.520. The van der Waals surface area contributed by atoms with Crippen molar-refractivity contribution in [3.8, 4) is 0 Å². The molecule has 0 fully saturated rings. The fourth-order valence-corrected chi connectivity index (χ4v) is 1.67. The van der Waals surface area contributed by atoms with Crippen molar-refractivity contribution in [3.63, 3.8) is 0 Å². The van der Waals surface area contributed by atoms with Crippen molar-refractivity contribution in [1.29, 1.82) is 5.41 Å². The van der Waals surface area contributed by atoms with Gasteiger partial charge in [0.15, 0.2) is 0 Å². The highest BCUT2D eigenvalue weighted by molar-refractivity contribution is 9.09. The van der Waals surface area contributed by atoms with Gasteiger partial charge in [-0.25, -0.2) is 4.79 Å². The molecule has 0 saturated carbocycles. The molecule has 0 amide bonds.